The van der Waals surface area contributed by atoms with E-state index in [2.05, 4.69) is 10.3 Å². The predicted octanol–water partition coefficient (Wildman–Crippen LogP) is 4.04. The van der Waals surface area contributed by atoms with E-state index in [1.54, 1.807) is 6.07 Å². The number of nitrogen functional groups attached to an aromatic ring is 1. The lowest BCUT2D eigenvalue weighted by Gasteiger charge is -2.13. The molecule has 0 unspecified atom stereocenters. The molecule has 6 heteroatoms. The molecule has 20 heavy (non-hydrogen) atoms. The molecule has 0 spiro atoms. The molecule has 0 saturated carbocycles. The van der Waals surface area contributed by atoms with Crippen LogP contribution in [-0.4, -0.2) is 4.98 Å². The summed E-state index contributed by atoms with van der Waals surface area (Å²) in [7, 11) is 0. The second-order valence-corrected chi connectivity index (χ2v) is 4.58. The molecule has 0 fully saturated rings. The standard InChI is InChI=1S/C14H14F3N3/c1-8-3-4-11(5-9(8)2)20-12-6-10(14(15,16)17)7-19-13(12)18/h3-7,20H,1-2H3,(H2,18,19). The summed E-state index contributed by atoms with van der Waals surface area (Å²) in [6, 6.07) is 6.46. The van der Waals surface area contributed by atoms with E-state index in [0.29, 0.717) is 5.69 Å². The van der Waals surface area contributed by atoms with Gasteiger partial charge < -0.3 is 11.1 Å². The summed E-state index contributed by atoms with van der Waals surface area (Å²) in [4.78, 5) is 3.58. The van der Waals surface area contributed by atoms with E-state index in [1.807, 2.05) is 26.0 Å². The molecule has 1 aromatic carbocycles. The van der Waals surface area contributed by atoms with Crippen molar-refractivity contribution >= 4 is 17.2 Å². The monoisotopic (exact) mass is 281 g/mol. The summed E-state index contributed by atoms with van der Waals surface area (Å²) in [5, 5.41) is 2.87. The fourth-order valence-electron chi connectivity index (χ4n) is 1.71. The van der Waals surface area contributed by atoms with Crippen LogP contribution < -0.4 is 11.1 Å². The molecule has 1 aromatic heterocycles. The largest absolute Gasteiger partial charge is 0.417 e. The third kappa shape index (κ3) is 3.01. The van der Waals surface area contributed by atoms with Gasteiger partial charge >= 0.3 is 6.18 Å². The Bertz CT molecular complexity index is 636. The molecular weight excluding hydrogens is 267 g/mol. The third-order valence-corrected chi connectivity index (χ3v) is 3.03. The zero-order chi connectivity index (χ0) is 14.9. The molecule has 0 aliphatic heterocycles. The van der Waals surface area contributed by atoms with Gasteiger partial charge in [-0.2, -0.15) is 13.2 Å². The first kappa shape index (κ1) is 14.2. The Morgan fingerprint density at radius 3 is 2.40 bits per heavy atom. The van der Waals surface area contributed by atoms with E-state index in [4.69, 9.17) is 5.73 Å². The Balaban J connectivity index is 2.35. The predicted molar refractivity (Wildman–Crippen MR) is 72.9 cm³/mol. The Morgan fingerprint density at radius 1 is 1.10 bits per heavy atom. The second kappa shape index (κ2) is 5.03. The zero-order valence-electron chi connectivity index (χ0n) is 11.0. The molecule has 0 bridgehead atoms. The second-order valence-electron chi connectivity index (χ2n) is 4.58. The quantitative estimate of drug-likeness (QED) is 0.873. The molecule has 0 atom stereocenters. The van der Waals surface area contributed by atoms with Gasteiger partial charge in [0.1, 0.15) is 5.82 Å². The first-order chi connectivity index (χ1) is 9.27. The van der Waals surface area contributed by atoms with Gasteiger partial charge in [-0.15, -0.1) is 0 Å². The van der Waals surface area contributed by atoms with Crippen molar-refractivity contribution in [3.05, 3.63) is 47.2 Å². The minimum atomic E-state index is -4.44. The van der Waals surface area contributed by atoms with Gasteiger partial charge in [0.25, 0.3) is 0 Å². The number of benzene rings is 1. The van der Waals surface area contributed by atoms with Crippen molar-refractivity contribution < 1.29 is 13.2 Å². The Kier molecular flexibility index (Phi) is 3.57. The summed E-state index contributed by atoms with van der Waals surface area (Å²) >= 11 is 0. The number of nitrogens with two attached hydrogens (primary N) is 1. The number of alkyl halides is 3. The number of aromatic nitrogens is 1. The third-order valence-electron chi connectivity index (χ3n) is 3.03. The number of hydrogen-bond acceptors (Lipinski definition) is 3. The first-order valence-corrected chi connectivity index (χ1v) is 5.94. The summed E-state index contributed by atoms with van der Waals surface area (Å²) in [6.45, 7) is 3.88. The highest BCUT2D eigenvalue weighted by atomic mass is 19.4. The van der Waals surface area contributed by atoms with Crippen LogP contribution in [0.1, 0.15) is 16.7 Å². The lowest BCUT2D eigenvalue weighted by atomic mass is 10.1. The van der Waals surface area contributed by atoms with Gasteiger partial charge in [0.2, 0.25) is 0 Å². The summed E-state index contributed by atoms with van der Waals surface area (Å²) in [6.07, 6.45) is -3.72. The van der Waals surface area contributed by atoms with Crippen molar-refractivity contribution in [2.45, 2.75) is 20.0 Å². The number of rotatable bonds is 2. The van der Waals surface area contributed by atoms with Gasteiger partial charge in [-0.1, -0.05) is 6.07 Å². The van der Waals surface area contributed by atoms with Gasteiger partial charge in [0, 0.05) is 11.9 Å². The highest BCUT2D eigenvalue weighted by molar-refractivity contribution is 5.70. The fraction of sp³-hybridized carbons (Fsp3) is 0.214. The van der Waals surface area contributed by atoms with E-state index >= 15 is 0 Å². The maximum absolute atomic E-state index is 12.6. The molecule has 2 aromatic rings. The van der Waals surface area contributed by atoms with E-state index in [0.717, 1.165) is 23.4 Å². The van der Waals surface area contributed by atoms with E-state index in [-0.39, 0.29) is 11.5 Å². The number of anilines is 3. The zero-order valence-corrected chi connectivity index (χ0v) is 11.0. The van der Waals surface area contributed by atoms with Crippen LogP contribution in [0.15, 0.2) is 30.5 Å². The van der Waals surface area contributed by atoms with Crippen LogP contribution in [0.4, 0.5) is 30.4 Å². The Morgan fingerprint density at radius 2 is 1.80 bits per heavy atom. The van der Waals surface area contributed by atoms with Crippen molar-refractivity contribution in [3.8, 4) is 0 Å². The van der Waals surface area contributed by atoms with Gasteiger partial charge in [-0.05, 0) is 43.2 Å². The maximum atomic E-state index is 12.6. The minimum absolute atomic E-state index is 0.0243. The molecule has 0 saturated heterocycles. The van der Waals surface area contributed by atoms with Crippen LogP contribution in [0.25, 0.3) is 0 Å². The molecule has 0 radical (unpaired) electrons. The number of aryl methyl sites for hydroxylation is 2. The molecule has 106 valence electrons. The van der Waals surface area contributed by atoms with Crippen LogP contribution in [0.3, 0.4) is 0 Å². The first-order valence-electron chi connectivity index (χ1n) is 5.94. The molecule has 0 aliphatic rings. The van der Waals surface area contributed by atoms with Crippen molar-refractivity contribution in [1.82, 2.24) is 4.98 Å². The average Bonchev–Trinajstić information content (AvgIpc) is 2.35. The number of nitrogens with zero attached hydrogens (tertiary/aromatic N) is 1. The van der Waals surface area contributed by atoms with E-state index in [1.165, 1.54) is 0 Å². The van der Waals surface area contributed by atoms with Gasteiger partial charge in [-0.3, -0.25) is 0 Å². The van der Waals surface area contributed by atoms with Crippen LogP contribution in [0, 0.1) is 13.8 Å². The fourth-order valence-corrected chi connectivity index (χ4v) is 1.71. The molecular formula is C14H14F3N3. The van der Waals surface area contributed by atoms with Gasteiger partial charge in [0.05, 0.1) is 11.3 Å². The number of nitrogens with one attached hydrogen (secondary N) is 1. The summed E-state index contributed by atoms with van der Waals surface area (Å²) in [5.74, 6) is 0.0243. The van der Waals surface area contributed by atoms with Crippen LogP contribution in [0.5, 0.6) is 0 Å². The number of hydrogen-bond donors (Lipinski definition) is 2. The Hall–Kier alpha value is -2.24. The van der Waals surface area contributed by atoms with Crippen LogP contribution in [-0.2, 0) is 6.18 Å². The van der Waals surface area contributed by atoms with E-state index in [9.17, 15) is 13.2 Å². The lowest BCUT2D eigenvalue weighted by Crippen LogP contribution is -2.08. The van der Waals surface area contributed by atoms with Crippen LogP contribution in [0.2, 0.25) is 0 Å². The van der Waals surface area contributed by atoms with E-state index < -0.39 is 11.7 Å². The summed E-state index contributed by atoms with van der Waals surface area (Å²) in [5.41, 5.74) is 7.72. The van der Waals surface area contributed by atoms with Crippen molar-refractivity contribution in [1.29, 1.82) is 0 Å². The number of pyridine rings is 1. The SMILES string of the molecule is Cc1ccc(Nc2cc(C(F)(F)F)cnc2N)cc1C. The molecule has 1 heterocycles. The maximum Gasteiger partial charge on any atom is 0.417 e. The van der Waals surface area contributed by atoms with Crippen LogP contribution >= 0.6 is 0 Å². The van der Waals surface area contributed by atoms with Crippen molar-refractivity contribution in [2.75, 3.05) is 11.1 Å². The van der Waals surface area contributed by atoms with Crippen molar-refractivity contribution in [3.63, 3.8) is 0 Å². The highest BCUT2D eigenvalue weighted by Gasteiger charge is 2.31. The average molecular weight is 281 g/mol. The van der Waals surface area contributed by atoms with Gasteiger partial charge in [0.15, 0.2) is 0 Å². The normalized spacial score (nSPS) is 11.4. The topological polar surface area (TPSA) is 50.9 Å². The summed E-state index contributed by atoms with van der Waals surface area (Å²) < 4.78 is 37.9. The lowest BCUT2D eigenvalue weighted by molar-refractivity contribution is -0.137. The van der Waals surface area contributed by atoms with Crippen molar-refractivity contribution in [2.24, 2.45) is 0 Å². The molecule has 3 N–H and O–H groups in total. The molecule has 2 rings (SSSR count). The molecule has 0 amide bonds. The van der Waals surface area contributed by atoms with Gasteiger partial charge in [-0.25, -0.2) is 4.98 Å². The minimum Gasteiger partial charge on any atom is -0.382 e. The highest BCUT2D eigenvalue weighted by Crippen LogP contribution is 2.33. The Labute approximate surface area is 114 Å². The number of halogens is 3. The molecule has 0 aliphatic carbocycles. The smallest absolute Gasteiger partial charge is 0.382 e. The molecule has 3 nitrogen and oxygen atoms in total.